The van der Waals surface area contributed by atoms with Gasteiger partial charge in [-0.1, -0.05) is 0 Å². The molecule has 0 unspecified atom stereocenters. The Hall–Kier alpha value is 0.698. The average molecular weight is 422 g/mol. The summed E-state index contributed by atoms with van der Waals surface area (Å²) in [4.78, 5) is 0. The molecule has 0 radical (unpaired) electrons. The topological polar surface area (TPSA) is 9.72 Å². The predicted octanol–water partition coefficient (Wildman–Crippen LogP) is 4.34. The van der Waals surface area contributed by atoms with Gasteiger partial charge in [-0.25, -0.2) is 0 Å². The Labute approximate surface area is 149 Å². The van der Waals surface area contributed by atoms with Crippen LogP contribution in [0.15, 0.2) is 0 Å². The first-order valence-electron chi connectivity index (χ1n) is 9.74. The van der Waals surface area contributed by atoms with E-state index in [1.54, 1.807) is 0 Å². The standard InChI is InChI=1S/3C6H14N.Sb/c3*1-3-5-7-6-4-2;/h3*3-6H2,1-2H3;/q3*-1;+3. The van der Waals surface area contributed by atoms with Crippen molar-refractivity contribution in [1.82, 2.24) is 9.18 Å². The van der Waals surface area contributed by atoms with Gasteiger partial charge in [-0.3, -0.25) is 0 Å². The summed E-state index contributed by atoms with van der Waals surface area (Å²) in [6, 6.07) is 0. The van der Waals surface area contributed by atoms with E-state index in [0.717, 1.165) is 0 Å². The fraction of sp³-hybridized carbons (Fsp3) is 1.00. The molecule has 0 aliphatic carbocycles. The molecular weight excluding hydrogens is 380 g/mol. The Morgan fingerprint density at radius 1 is 0.409 bits per heavy atom. The summed E-state index contributed by atoms with van der Waals surface area (Å²) in [6.45, 7) is 21.8. The van der Waals surface area contributed by atoms with Gasteiger partial charge in [-0.05, 0) is 0 Å². The van der Waals surface area contributed by atoms with E-state index in [1.165, 1.54) is 77.8 Å². The van der Waals surface area contributed by atoms with E-state index in [0.29, 0.717) is 0 Å². The van der Waals surface area contributed by atoms with Crippen LogP contribution in [0.2, 0.25) is 0 Å². The van der Waals surface area contributed by atoms with Gasteiger partial charge in [0.2, 0.25) is 0 Å². The molecule has 0 N–H and O–H groups in total. The Balaban J connectivity index is 5.34. The van der Waals surface area contributed by atoms with Gasteiger partial charge in [-0.2, -0.15) is 0 Å². The van der Waals surface area contributed by atoms with Crippen molar-refractivity contribution in [2.75, 3.05) is 39.3 Å². The van der Waals surface area contributed by atoms with Crippen molar-refractivity contribution in [3.8, 4) is 0 Å². The summed E-state index contributed by atoms with van der Waals surface area (Å²) >= 11 is -1.72. The first kappa shape index (κ1) is 22.7. The van der Waals surface area contributed by atoms with Gasteiger partial charge in [0.15, 0.2) is 0 Å². The molecule has 0 amide bonds. The molecular formula is C18H42N3Sb. The van der Waals surface area contributed by atoms with Crippen molar-refractivity contribution < 1.29 is 0 Å². The Bertz CT molecular complexity index is 182. The first-order valence-corrected chi connectivity index (χ1v) is 13.2. The number of hydrogen-bond donors (Lipinski definition) is 0. The molecule has 0 aromatic rings. The summed E-state index contributed by atoms with van der Waals surface area (Å²) < 4.78 is 8.75. The Kier molecular flexibility index (Phi) is 15.7. The number of hydrogen-bond acceptors (Lipinski definition) is 3. The second-order valence-corrected chi connectivity index (χ2v) is 12.5. The van der Waals surface area contributed by atoms with Crippen molar-refractivity contribution in [3.05, 3.63) is 0 Å². The zero-order valence-electron chi connectivity index (χ0n) is 16.3. The zero-order chi connectivity index (χ0) is 16.8. The molecule has 0 saturated carbocycles. The van der Waals surface area contributed by atoms with E-state index >= 15 is 0 Å². The molecule has 0 aromatic carbocycles. The van der Waals surface area contributed by atoms with Crippen LogP contribution in [0.3, 0.4) is 0 Å². The molecule has 4 heteroatoms. The van der Waals surface area contributed by atoms with Gasteiger partial charge in [-0.15, -0.1) is 0 Å². The minimum atomic E-state index is -1.72. The predicted molar refractivity (Wildman–Crippen MR) is 102 cm³/mol. The Morgan fingerprint density at radius 3 is 0.727 bits per heavy atom. The van der Waals surface area contributed by atoms with Gasteiger partial charge in [0.05, 0.1) is 0 Å². The minimum absolute atomic E-state index is 1.29. The molecule has 0 aliphatic rings. The fourth-order valence-electron chi connectivity index (χ4n) is 2.96. The van der Waals surface area contributed by atoms with Gasteiger partial charge in [0.25, 0.3) is 0 Å². The van der Waals surface area contributed by atoms with Crippen LogP contribution in [0.4, 0.5) is 0 Å². The van der Waals surface area contributed by atoms with Crippen LogP contribution < -0.4 is 0 Å². The third kappa shape index (κ3) is 8.52. The van der Waals surface area contributed by atoms with Gasteiger partial charge in [0, 0.05) is 0 Å². The van der Waals surface area contributed by atoms with Crippen molar-refractivity contribution in [2.24, 2.45) is 0 Å². The van der Waals surface area contributed by atoms with E-state index in [1.807, 2.05) is 0 Å². The van der Waals surface area contributed by atoms with E-state index < -0.39 is 21.0 Å². The second kappa shape index (κ2) is 15.2. The molecule has 0 aromatic heterocycles. The monoisotopic (exact) mass is 421 g/mol. The average Bonchev–Trinajstić information content (AvgIpc) is 2.49. The van der Waals surface area contributed by atoms with Crippen LogP contribution >= 0.6 is 0 Å². The maximum absolute atomic E-state index is 2.92. The second-order valence-electron chi connectivity index (χ2n) is 6.13. The summed E-state index contributed by atoms with van der Waals surface area (Å²) in [7, 11) is 0. The molecule has 0 bridgehead atoms. The van der Waals surface area contributed by atoms with Crippen molar-refractivity contribution in [1.29, 1.82) is 0 Å². The molecule has 134 valence electrons. The van der Waals surface area contributed by atoms with Crippen LogP contribution in [0.5, 0.6) is 0 Å². The normalized spacial score (nSPS) is 12.3. The summed E-state index contributed by atoms with van der Waals surface area (Å²) in [6.07, 6.45) is 7.74. The third-order valence-corrected chi connectivity index (χ3v) is 11.4. The van der Waals surface area contributed by atoms with Crippen LogP contribution in [0.25, 0.3) is 0 Å². The Morgan fingerprint density at radius 2 is 0.591 bits per heavy atom. The van der Waals surface area contributed by atoms with Crippen LogP contribution in [-0.4, -0.2) is 69.5 Å². The number of rotatable bonds is 15. The maximum atomic E-state index is 2.92. The molecule has 0 atom stereocenters. The van der Waals surface area contributed by atoms with Crippen LogP contribution in [0.1, 0.15) is 80.1 Å². The molecule has 0 fully saturated rings. The quantitative estimate of drug-likeness (QED) is 0.364. The zero-order valence-corrected chi connectivity index (χ0v) is 18.8. The van der Waals surface area contributed by atoms with Crippen molar-refractivity contribution >= 4 is 21.0 Å². The van der Waals surface area contributed by atoms with Gasteiger partial charge in [0.1, 0.15) is 0 Å². The van der Waals surface area contributed by atoms with E-state index in [-0.39, 0.29) is 0 Å². The summed E-state index contributed by atoms with van der Waals surface area (Å²) in [5.41, 5.74) is 0. The SMILES string of the molecule is CCC[N](CCC)[Sb]([N](CCC)CCC)[N](CCC)CCC. The molecule has 0 rings (SSSR count). The van der Waals surface area contributed by atoms with Crippen molar-refractivity contribution in [2.45, 2.75) is 80.1 Å². The summed E-state index contributed by atoms with van der Waals surface area (Å²) in [5.74, 6) is 0. The van der Waals surface area contributed by atoms with Crippen molar-refractivity contribution in [3.63, 3.8) is 0 Å². The fourth-order valence-corrected chi connectivity index (χ4v) is 12.5. The van der Waals surface area contributed by atoms with Crippen LogP contribution in [-0.2, 0) is 0 Å². The van der Waals surface area contributed by atoms with Crippen LogP contribution in [0, 0.1) is 0 Å². The summed E-state index contributed by atoms with van der Waals surface area (Å²) in [5, 5.41) is 0. The molecule has 0 heterocycles. The third-order valence-electron chi connectivity index (χ3n) is 3.65. The molecule has 0 spiro atoms. The molecule has 22 heavy (non-hydrogen) atoms. The van der Waals surface area contributed by atoms with Gasteiger partial charge >= 0.3 is 150 Å². The molecule has 0 aliphatic heterocycles. The van der Waals surface area contributed by atoms with E-state index in [2.05, 4.69) is 50.7 Å². The van der Waals surface area contributed by atoms with Gasteiger partial charge < -0.3 is 0 Å². The first-order chi connectivity index (χ1) is 10.7. The van der Waals surface area contributed by atoms with E-state index in [9.17, 15) is 0 Å². The molecule has 0 saturated heterocycles. The number of nitrogens with zero attached hydrogens (tertiary/aromatic N) is 3. The molecule has 3 nitrogen and oxygen atoms in total. The van der Waals surface area contributed by atoms with E-state index in [4.69, 9.17) is 0 Å².